The fourth-order valence-electron chi connectivity index (χ4n) is 2.23. The van der Waals surface area contributed by atoms with Crippen LogP contribution in [0.25, 0.3) is 0 Å². The summed E-state index contributed by atoms with van der Waals surface area (Å²) in [5, 5.41) is 3.10. The number of hydrogen-bond donors (Lipinski definition) is 2. The van der Waals surface area contributed by atoms with E-state index in [2.05, 4.69) is 19.2 Å². The fraction of sp³-hybridized carbons (Fsp3) is 0.917. The predicted octanol–water partition coefficient (Wildman–Crippen LogP) is 1.95. The topological polar surface area (TPSA) is 55.1 Å². The molecule has 0 aliphatic heterocycles. The molecule has 0 bridgehead atoms. The minimum Gasteiger partial charge on any atom is -0.350 e. The van der Waals surface area contributed by atoms with E-state index in [-0.39, 0.29) is 17.5 Å². The van der Waals surface area contributed by atoms with Crippen LogP contribution in [0.3, 0.4) is 0 Å². The Hall–Kier alpha value is -0.570. The summed E-state index contributed by atoms with van der Waals surface area (Å²) in [7, 11) is 0. The zero-order valence-corrected chi connectivity index (χ0v) is 10.0. The van der Waals surface area contributed by atoms with Crippen LogP contribution >= 0.6 is 0 Å². The average molecular weight is 212 g/mol. The van der Waals surface area contributed by atoms with Gasteiger partial charge in [0.2, 0.25) is 5.91 Å². The van der Waals surface area contributed by atoms with Gasteiger partial charge < -0.3 is 11.1 Å². The Labute approximate surface area is 92.8 Å². The van der Waals surface area contributed by atoms with E-state index in [1.54, 1.807) is 0 Å². The molecule has 0 saturated heterocycles. The van der Waals surface area contributed by atoms with Gasteiger partial charge in [0.1, 0.15) is 0 Å². The van der Waals surface area contributed by atoms with Crippen LogP contribution in [0.15, 0.2) is 0 Å². The molecule has 0 heterocycles. The first-order valence-electron chi connectivity index (χ1n) is 6.15. The molecule has 0 spiro atoms. The number of amides is 1. The van der Waals surface area contributed by atoms with Gasteiger partial charge >= 0.3 is 0 Å². The van der Waals surface area contributed by atoms with E-state index in [0.717, 1.165) is 32.1 Å². The van der Waals surface area contributed by atoms with Crippen molar-refractivity contribution in [3.8, 4) is 0 Å². The molecule has 1 aliphatic carbocycles. The summed E-state index contributed by atoms with van der Waals surface area (Å²) < 4.78 is 0. The summed E-state index contributed by atoms with van der Waals surface area (Å²) in [6.07, 6.45) is 7.57. The standard InChI is InChI=1S/C12H24N2O/c1-3-4-7-10(13)11(15)14-12(2)8-5-6-9-12/h10H,3-9,13H2,1-2H3,(H,14,15)/t10-/m0/s1. The summed E-state index contributed by atoms with van der Waals surface area (Å²) in [6, 6.07) is -0.317. The largest absolute Gasteiger partial charge is 0.350 e. The third kappa shape index (κ3) is 3.82. The van der Waals surface area contributed by atoms with Crippen molar-refractivity contribution in [3.05, 3.63) is 0 Å². The molecule has 3 N–H and O–H groups in total. The van der Waals surface area contributed by atoms with Gasteiger partial charge in [0.15, 0.2) is 0 Å². The van der Waals surface area contributed by atoms with Gasteiger partial charge in [-0.15, -0.1) is 0 Å². The van der Waals surface area contributed by atoms with Crippen molar-refractivity contribution in [3.63, 3.8) is 0 Å². The number of carbonyl (C=O) groups excluding carboxylic acids is 1. The minimum absolute atomic E-state index is 0.0148. The second-order valence-electron chi connectivity index (χ2n) is 5.01. The molecular formula is C12H24N2O. The van der Waals surface area contributed by atoms with Crippen LogP contribution in [0.2, 0.25) is 0 Å². The van der Waals surface area contributed by atoms with Gasteiger partial charge in [0, 0.05) is 5.54 Å². The number of carbonyl (C=O) groups is 1. The second kappa shape index (κ2) is 5.50. The van der Waals surface area contributed by atoms with Crippen LogP contribution in [0.1, 0.15) is 58.8 Å². The van der Waals surface area contributed by atoms with Crippen LogP contribution in [0.4, 0.5) is 0 Å². The first-order chi connectivity index (χ1) is 7.07. The monoisotopic (exact) mass is 212 g/mol. The summed E-state index contributed by atoms with van der Waals surface area (Å²) in [4.78, 5) is 11.8. The van der Waals surface area contributed by atoms with Crippen molar-refractivity contribution in [2.24, 2.45) is 5.73 Å². The smallest absolute Gasteiger partial charge is 0.237 e. The Balaban J connectivity index is 2.33. The third-order valence-electron chi connectivity index (χ3n) is 3.34. The van der Waals surface area contributed by atoms with Crippen molar-refractivity contribution in [2.75, 3.05) is 0 Å². The van der Waals surface area contributed by atoms with E-state index in [9.17, 15) is 4.79 Å². The first-order valence-corrected chi connectivity index (χ1v) is 6.15. The lowest BCUT2D eigenvalue weighted by molar-refractivity contribution is -0.124. The van der Waals surface area contributed by atoms with Gasteiger partial charge in [-0.3, -0.25) is 4.79 Å². The normalized spacial score (nSPS) is 21.3. The zero-order chi connectivity index (χ0) is 11.3. The maximum Gasteiger partial charge on any atom is 0.237 e. The maximum atomic E-state index is 11.8. The van der Waals surface area contributed by atoms with E-state index in [0.29, 0.717) is 0 Å². The highest BCUT2D eigenvalue weighted by Gasteiger charge is 2.31. The fourth-order valence-corrected chi connectivity index (χ4v) is 2.23. The molecule has 3 heteroatoms. The molecule has 1 aliphatic rings. The lowest BCUT2D eigenvalue weighted by Crippen LogP contribution is -2.50. The predicted molar refractivity (Wildman–Crippen MR) is 62.5 cm³/mol. The van der Waals surface area contributed by atoms with Crippen molar-refractivity contribution >= 4 is 5.91 Å². The molecule has 0 aromatic heterocycles. The molecule has 3 nitrogen and oxygen atoms in total. The number of nitrogens with two attached hydrogens (primary N) is 1. The molecule has 88 valence electrons. The molecule has 1 rings (SSSR count). The lowest BCUT2D eigenvalue weighted by Gasteiger charge is -2.27. The molecule has 0 radical (unpaired) electrons. The lowest BCUT2D eigenvalue weighted by atomic mass is 9.99. The SMILES string of the molecule is CCCC[C@H](N)C(=O)NC1(C)CCCC1. The van der Waals surface area contributed by atoms with Crippen molar-refractivity contribution in [1.82, 2.24) is 5.32 Å². The number of nitrogens with one attached hydrogen (secondary N) is 1. The van der Waals surface area contributed by atoms with Crippen LogP contribution in [-0.2, 0) is 4.79 Å². The quantitative estimate of drug-likeness (QED) is 0.732. The van der Waals surface area contributed by atoms with Gasteiger partial charge in [-0.1, -0.05) is 32.6 Å². The third-order valence-corrected chi connectivity index (χ3v) is 3.34. The first kappa shape index (κ1) is 12.5. The van der Waals surface area contributed by atoms with Gasteiger partial charge in [0.05, 0.1) is 6.04 Å². The van der Waals surface area contributed by atoms with Crippen LogP contribution in [0.5, 0.6) is 0 Å². The van der Waals surface area contributed by atoms with Crippen molar-refractivity contribution in [2.45, 2.75) is 70.4 Å². The molecule has 0 unspecified atom stereocenters. The molecule has 1 saturated carbocycles. The summed E-state index contributed by atoms with van der Waals surface area (Å²) >= 11 is 0. The highest BCUT2D eigenvalue weighted by molar-refractivity contribution is 5.82. The van der Waals surface area contributed by atoms with E-state index >= 15 is 0 Å². The Kier molecular flexibility index (Phi) is 4.58. The number of unbranched alkanes of at least 4 members (excludes halogenated alkanes) is 1. The number of hydrogen-bond acceptors (Lipinski definition) is 2. The van der Waals surface area contributed by atoms with Gasteiger partial charge in [0.25, 0.3) is 0 Å². The van der Waals surface area contributed by atoms with Crippen molar-refractivity contribution in [1.29, 1.82) is 0 Å². The minimum atomic E-state index is -0.317. The number of rotatable bonds is 5. The molecule has 1 amide bonds. The second-order valence-corrected chi connectivity index (χ2v) is 5.01. The van der Waals surface area contributed by atoms with Gasteiger partial charge in [-0.25, -0.2) is 0 Å². The van der Waals surface area contributed by atoms with Gasteiger partial charge in [-0.2, -0.15) is 0 Å². The molecule has 15 heavy (non-hydrogen) atoms. The Morgan fingerprint density at radius 1 is 1.47 bits per heavy atom. The average Bonchev–Trinajstić information content (AvgIpc) is 2.61. The summed E-state index contributed by atoms with van der Waals surface area (Å²) in [6.45, 7) is 4.24. The zero-order valence-electron chi connectivity index (χ0n) is 10.0. The van der Waals surface area contributed by atoms with E-state index < -0.39 is 0 Å². The van der Waals surface area contributed by atoms with Crippen LogP contribution < -0.4 is 11.1 Å². The Bertz CT molecular complexity index is 210. The molecule has 0 aromatic carbocycles. The van der Waals surface area contributed by atoms with E-state index in [4.69, 9.17) is 5.73 Å². The summed E-state index contributed by atoms with van der Waals surface area (Å²) in [5.74, 6) is 0.0350. The Morgan fingerprint density at radius 3 is 2.60 bits per heavy atom. The van der Waals surface area contributed by atoms with Crippen LogP contribution in [-0.4, -0.2) is 17.5 Å². The molecule has 0 aromatic rings. The maximum absolute atomic E-state index is 11.8. The van der Waals surface area contributed by atoms with Gasteiger partial charge in [-0.05, 0) is 26.2 Å². The van der Waals surface area contributed by atoms with Crippen LogP contribution in [0, 0.1) is 0 Å². The highest BCUT2D eigenvalue weighted by Crippen LogP contribution is 2.28. The molecular weight excluding hydrogens is 188 g/mol. The van der Waals surface area contributed by atoms with E-state index in [1.165, 1.54) is 12.8 Å². The highest BCUT2D eigenvalue weighted by atomic mass is 16.2. The molecule has 1 atom stereocenters. The molecule has 1 fully saturated rings. The van der Waals surface area contributed by atoms with E-state index in [1.807, 2.05) is 0 Å². The van der Waals surface area contributed by atoms with Crippen molar-refractivity contribution < 1.29 is 4.79 Å². The summed E-state index contributed by atoms with van der Waals surface area (Å²) in [5.41, 5.74) is 5.84. The Morgan fingerprint density at radius 2 is 2.07 bits per heavy atom.